The number of amides is 1. The van der Waals surface area contributed by atoms with Crippen molar-refractivity contribution >= 4 is 11.9 Å². The number of likely N-dealkylation sites (tertiary alicyclic amines) is 1. The van der Waals surface area contributed by atoms with Crippen molar-refractivity contribution in [1.29, 1.82) is 0 Å². The van der Waals surface area contributed by atoms with Gasteiger partial charge < -0.3 is 10.4 Å². The van der Waals surface area contributed by atoms with E-state index in [1.54, 1.807) is 6.33 Å². The van der Waals surface area contributed by atoms with Crippen molar-refractivity contribution in [2.75, 3.05) is 13.1 Å². The maximum atomic E-state index is 12.5. The molecule has 1 spiro atoms. The van der Waals surface area contributed by atoms with Crippen LogP contribution in [-0.2, 0) is 29.7 Å². The summed E-state index contributed by atoms with van der Waals surface area (Å²) in [6.07, 6.45) is 4.70. The second-order valence-electron chi connectivity index (χ2n) is 8.96. The molecule has 0 bridgehead atoms. The SMILES string of the molecule is Cn1cc(CN2CCC3(CCn4ncnc4C3NC(=O)C3CC3)C2)cn1.O=C(O)C(F)(F)F. The van der Waals surface area contributed by atoms with E-state index in [9.17, 15) is 18.0 Å². The molecule has 5 rings (SSSR count). The van der Waals surface area contributed by atoms with Crippen LogP contribution in [0.15, 0.2) is 18.7 Å². The predicted molar refractivity (Wildman–Crippen MR) is 107 cm³/mol. The topological polar surface area (TPSA) is 118 Å². The molecule has 1 amide bonds. The number of alkyl halides is 3. The van der Waals surface area contributed by atoms with Gasteiger partial charge in [0.2, 0.25) is 5.91 Å². The lowest BCUT2D eigenvalue weighted by atomic mass is 9.74. The van der Waals surface area contributed by atoms with Crippen LogP contribution >= 0.6 is 0 Å². The molecule has 4 heterocycles. The number of aromatic nitrogens is 5. The molecule has 1 saturated heterocycles. The van der Waals surface area contributed by atoms with E-state index in [2.05, 4.69) is 31.6 Å². The highest BCUT2D eigenvalue weighted by Gasteiger charge is 2.50. The standard InChI is InChI=1S/C18H25N7O.C2HF3O2/c1-23-9-13(8-20-23)10-24-6-4-18(11-24)5-7-25-16(19-12-21-25)15(18)22-17(26)14-2-3-14;3-2(4,5)1(6)7/h8-9,12,14-15H,2-7,10-11H2,1H3,(H,22,26);(H,6,7). The van der Waals surface area contributed by atoms with Crippen molar-refractivity contribution in [3.8, 4) is 0 Å². The molecule has 2 atom stereocenters. The molecule has 2 fully saturated rings. The summed E-state index contributed by atoms with van der Waals surface area (Å²) in [5.41, 5.74) is 1.29. The summed E-state index contributed by atoms with van der Waals surface area (Å²) in [5, 5.41) is 19.1. The molecule has 10 nitrogen and oxygen atoms in total. The van der Waals surface area contributed by atoms with Gasteiger partial charge in [-0.25, -0.2) is 14.5 Å². The summed E-state index contributed by atoms with van der Waals surface area (Å²) in [6.45, 7) is 3.81. The summed E-state index contributed by atoms with van der Waals surface area (Å²) in [7, 11) is 1.95. The van der Waals surface area contributed by atoms with E-state index in [-0.39, 0.29) is 23.3 Å². The number of hydrogen-bond acceptors (Lipinski definition) is 6. The van der Waals surface area contributed by atoms with Crippen LogP contribution < -0.4 is 5.32 Å². The highest BCUT2D eigenvalue weighted by molar-refractivity contribution is 5.81. The van der Waals surface area contributed by atoms with E-state index >= 15 is 0 Å². The molecule has 0 radical (unpaired) electrons. The Balaban J connectivity index is 0.000000325. The van der Waals surface area contributed by atoms with E-state index in [0.29, 0.717) is 0 Å². The normalized spacial score (nSPS) is 24.8. The van der Waals surface area contributed by atoms with Gasteiger partial charge in [-0.05, 0) is 32.2 Å². The maximum Gasteiger partial charge on any atom is 0.490 e. The molecule has 3 aliphatic rings. The van der Waals surface area contributed by atoms with Gasteiger partial charge >= 0.3 is 12.1 Å². The fourth-order valence-corrected chi connectivity index (χ4v) is 4.61. The van der Waals surface area contributed by atoms with Gasteiger partial charge in [-0.3, -0.25) is 14.4 Å². The predicted octanol–water partition coefficient (Wildman–Crippen LogP) is 1.51. The van der Waals surface area contributed by atoms with Crippen molar-refractivity contribution in [1.82, 2.24) is 34.8 Å². The Morgan fingerprint density at radius 3 is 2.55 bits per heavy atom. The van der Waals surface area contributed by atoms with Gasteiger partial charge in [0.25, 0.3) is 0 Å². The lowest BCUT2D eigenvalue weighted by molar-refractivity contribution is -0.192. The van der Waals surface area contributed by atoms with Crippen LogP contribution in [0.5, 0.6) is 0 Å². The average Bonchev–Trinajstić information content (AvgIpc) is 3.14. The molecule has 2 aliphatic heterocycles. The summed E-state index contributed by atoms with van der Waals surface area (Å²) in [5.74, 6) is -1.43. The Labute approximate surface area is 187 Å². The van der Waals surface area contributed by atoms with Gasteiger partial charge in [-0.2, -0.15) is 23.4 Å². The number of rotatable bonds is 4. The molecule has 180 valence electrons. The lowest BCUT2D eigenvalue weighted by Crippen LogP contribution is -2.47. The number of nitrogens with zero attached hydrogens (tertiary/aromatic N) is 6. The Kier molecular flexibility index (Phi) is 6.16. The number of aryl methyl sites for hydroxylation is 2. The van der Waals surface area contributed by atoms with E-state index in [1.807, 2.05) is 22.6 Å². The molecule has 1 saturated carbocycles. The van der Waals surface area contributed by atoms with Gasteiger partial charge in [0.05, 0.1) is 12.2 Å². The fraction of sp³-hybridized carbons (Fsp3) is 0.650. The Morgan fingerprint density at radius 1 is 1.24 bits per heavy atom. The zero-order valence-corrected chi connectivity index (χ0v) is 18.1. The zero-order valence-electron chi connectivity index (χ0n) is 18.1. The first-order valence-electron chi connectivity index (χ1n) is 10.8. The third-order valence-corrected chi connectivity index (χ3v) is 6.44. The minimum atomic E-state index is -5.08. The van der Waals surface area contributed by atoms with Crippen LogP contribution in [0, 0.1) is 11.3 Å². The Morgan fingerprint density at radius 2 is 1.94 bits per heavy atom. The average molecular weight is 469 g/mol. The fourth-order valence-electron chi connectivity index (χ4n) is 4.61. The summed E-state index contributed by atoms with van der Waals surface area (Å²) in [6, 6.07) is -0.0363. The van der Waals surface area contributed by atoms with Crippen molar-refractivity contribution in [2.45, 2.75) is 51.0 Å². The van der Waals surface area contributed by atoms with Crippen LogP contribution in [-0.4, -0.2) is 65.7 Å². The first kappa shape index (κ1) is 23.2. The van der Waals surface area contributed by atoms with Crippen LogP contribution in [0.25, 0.3) is 0 Å². The van der Waals surface area contributed by atoms with Gasteiger partial charge in [0.15, 0.2) is 0 Å². The van der Waals surface area contributed by atoms with Gasteiger partial charge in [-0.15, -0.1) is 0 Å². The number of fused-ring (bicyclic) bond motifs is 1. The number of aliphatic carboxylic acids is 1. The Hall–Kier alpha value is -2.96. The molecule has 1 aliphatic carbocycles. The second-order valence-corrected chi connectivity index (χ2v) is 8.96. The second kappa shape index (κ2) is 8.76. The smallest absolute Gasteiger partial charge is 0.475 e. The van der Waals surface area contributed by atoms with Crippen LogP contribution in [0.1, 0.15) is 43.1 Å². The zero-order chi connectivity index (χ0) is 23.8. The van der Waals surface area contributed by atoms with Crippen molar-refractivity contribution in [2.24, 2.45) is 18.4 Å². The van der Waals surface area contributed by atoms with E-state index in [0.717, 1.165) is 57.7 Å². The van der Waals surface area contributed by atoms with Crippen molar-refractivity contribution < 1.29 is 27.9 Å². The number of carboxylic acid groups (broad SMARTS) is 1. The monoisotopic (exact) mass is 469 g/mol. The minimum absolute atomic E-state index is 0.0363. The quantitative estimate of drug-likeness (QED) is 0.697. The van der Waals surface area contributed by atoms with Crippen LogP contribution in [0.3, 0.4) is 0 Å². The molecule has 2 aromatic heterocycles. The number of halogens is 3. The molecule has 2 unspecified atom stereocenters. The number of carbonyl (C=O) groups excluding carboxylic acids is 1. The van der Waals surface area contributed by atoms with Gasteiger partial charge in [0.1, 0.15) is 12.2 Å². The lowest BCUT2D eigenvalue weighted by Gasteiger charge is -2.41. The van der Waals surface area contributed by atoms with Gasteiger partial charge in [0, 0.05) is 49.8 Å². The first-order valence-corrected chi connectivity index (χ1v) is 10.8. The molecular formula is C20H26F3N7O3. The minimum Gasteiger partial charge on any atom is -0.475 e. The van der Waals surface area contributed by atoms with E-state index in [1.165, 1.54) is 5.56 Å². The summed E-state index contributed by atoms with van der Waals surface area (Å²) in [4.78, 5) is 28.4. The number of carboxylic acids is 1. The van der Waals surface area contributed by atoms with E-state index < -0.39 is 12.1 Å². The van der Waals surface area contributed by atoms with Crippen LogP contribution in [0.4, 0.5) is 13.2 Å². The van der Waals surface area contributed by atoms with Gasteiger partial charge in [-0.1, -0.05) is 0 Å². The third-order valence-electron chi connectivity index (χ3n) is 6.44. The highest BCUT2D eigenvalue weighted by atomic mass is 19.4. The molecular weight excluding hydrogens is 443 g/mol. The van der Waals surface area contributed by atoms with Crippen molar-refractivity contribution in [3.63, 3.8) is 0 Å². The van der Waals surface area contributed by atoms with Crippen molar-refractivity contribution in [3.05, 3.63) is 30.1 Å². The maximum absolute atomic E-state index is 12.5. The largest absolute Gasteiger partial charge is 0.490 e. The molecule has 13 heteroatoms. The number of carbonyl (C=O) groups is 2. The first-order chi connectivity index (χ1) is 15.6. The molecule has 2 N–H and O–H groups in total. The van der Waals surface area contributed by atoms with E-state index in [4.69, 9.17) is 9.90 Å². The molecule has 33 heavy (non-hydrogen) atoms. The number of nitrogens with one attached hydrogen (secondary N) is 1. The third kappa shape index (κ3) is 5.18. The highest BCUT2D eigenvalue weighted by Crippen LogP contribution is 2.48. The van der Waals surface area contributed by atoms with Crippen LogP contribution in [0.2, 0.25) is 0 Å². The summed E-state index contributed by atoms with van der Waals surface area (Å²) >= 11 is 0. The molecule has 2 aromatic rings. The molecule has 0 aromatic carbocycles. The Bertz CT molecular complexity index is 1020. The number of hydrogen-bond donors (Lipinski definition) is 2. The summed E-state index contributed by atoms with van der Waals surface area (Å²) < 4.78 is 35.6.